The van der Waals surface area contributed by atoms with E-state index in [1.807, 2.05) is 28.9 Å². The fourth-order valence-corrected chi connectivity index (χ4v) is 2.68. The number of tetrazole rings is 1. The highest BCUT2D eigenvalue weighted by atomic mass is 15.5. The second-order valence-electron chi connectivity index (χ2n) is 5.95. The highest BCUT2D eigenvalue weighted by Gasteiger charge is 2.18. The first-order chi connectivity index (χ1) is 10.2. The number of benzene rings is 1. The minimum Gasteiger partial charge on any atom is -0.399 e. The first-order valence-electron chi connectivity index (χ1n) is 7.52. The third-order valence-electron chi connectivity index (χ3n) is 4.16. The van der Waals surface area contributed by atoms with E-state index in [1.54, 1.807) is 0 Å². The third kappa shape index (κ3) is 3.58. The second-order valence-corrected chi connectivity index (χ2v) is 5.95. The van der Waals surface area contributed by atoms with Crippen LogP contribution in [0.15, 0.2) is 24.3 Å². The van der Waals surface area contributed by atoms with E-state index in [4.69, 9.17) is 5.73 Å². The monoisotopic (exact) mass is 286 g/mol. The molecule has 1 aromatic heterocycles. The Hall–Kier alpha value is -1.95. The van der Waals surface area contributed by atoms with Crippen LogP contribution in [0.3, 0.4) is 0 Å². The number of hydrogen-bond acceptors (Lipinski definition) is 5. The van der Waals surface area contributed by atoms with Gasteiger partial charge in [0.1, 0.15) is 0 Å². The minimum absolute atomic E-state index is 0.687. The van der Waals surface area contributed by atoms with Crippen LogP contribution in [0.2, 0.25) is 0 Å². The van der Waals surface area contributed by atoms with Crippen molar-refractivity contribution in [2.75, 3.05) is 18.8 Å². The van der Waals surface area contributed by atoms with Gasteiger partial charge in [0, 0.05) is 5.69 Å². The van der Waals surface area contributed by atoms with E-state index in [0.29, 0.717) is 6.54 Å². The molecule has 3 rings (SSSR count). The zero-order valence-electron chi connectivity index (χ0n) is 12.4. The summed E-state index contributed by atoms with van der Waals surface area (Å²) in [6.45, 7) is 6.11. The highest BCUT2D eigenvalue weighted by molar-refractivity contribution is 5.39. The second kappa shape index (κ2) is 6.22. The maximum atomic E-state index is 5.71. The number of nitrogens with two attached hydrogens (primary N) is 1. The van der Waals surface area contributed by atoms with E-state index in [0.717, 1.165) is 42.6 Å². The molecule has 6 heteroatoms. The number of likely N-dealkylation sites (tertiary alicyclic amines) is 1. The van der Waals surface area contributed by atoms with Gasteiger partial charge in [-0.05, 0) is 60.0 Å². The number of nitrogens with zero attached hydrogens (tertiary/aromatic N) is 5. The Labute approximate surface area is 124 Å². The fraction of sp³-hybridized carbons (Fsp3) is 0.533. The lowest BCUT2D eigenvalue weighted by Crippen LogP contribution is -2.33. The van der Waals surface area contributed by atoms with Gasteiger partial charge in [-0.3, -0.25) is 4.90 Å². The molecular weight excluding hydrogens is 264 g/mol. The van der Waals surface area contributed by atoms with E-state index >= 15 is 0 Å². The van der Waals surface area contributed by atoms with Crippen molar-refractivity contribution in [3.8, 4) is 0 Å². The number of nitrogen functional groups attached to an aromatic ring is 1. The molecule has 0 saturated carbocycles. The summed E-state index contributed by atoms with van der Waals surface area (Å²) < 4.78 is 1.88. The normalized spacial score (nSPS) is 17.2. The van der Waals surface area contributed by atoms with Crippen molar-refractivity contribution in [1.82, 2.24) is 25.1 Å². The van der Waals surface area contributed by atoms with Crippen LogP contribution in [0.5, 0.6) is 0 Å². The zero-order valence-corrected chi connectivity index (χ0v) is 12.4. The summed E-state index contributed by atoms with van der Waals surface area (Å²) in [6.07, 6.45) is 2.53. The molecule has 0 amide bonds. The van der Waals surface area contributed by atoms with E-state index in [9.17, 15) is 0 Å². The Morgan fingerprint density at radius 1 is 1.14 bits per heavy atom. The van der Waals surface area contributed by atoms with Crippen molar-refractivity contribution in [1.29, 1.82) is 0 Å². The molecule has 1 aliphatic rings. The van der Waals surface area contributed by atoms with Gasteiger partial charge in [0.25, 0.3) is 0 Å². The van der Waals surface area contributed by atoms with E-state index < -0.39 is 0 Å². The lowest BCUT2D eigenvalue weighted by atomic mass is 9.99. The van der Waals surface area contributed by atoms with Crippen molar-refractivity contribution in [2.45, 2.75) is 32.9 Å². The van der Waals surface area contributed by atoms with Crippen molar-refractivity contribution >= 4 is 5.69 Å². The molecule has 21 heavy (non-hydrogen) atoms. The van der Waals surface area contributed by atoms with Crippen LogP contribution in [0.25, 0.3) is 0 Å². The van der Waals surface area contributed by atoms with Gasteiger partial charge in [0.05, 0.1) is 13.1 Å². The van der Waals surface area contributed by atoms with Gasteiger partial charge in [0.15, 0.2) is 5.82 Å². The maximum Gasteiger partial charge on any atom is 0.165 e. The Morgan fingerprint density at radius 3 is 2.57 bits per heavy atom. The number of piperidine rings is 1. The number of rotatable bonds is 4. The van der Waals surface area contributed by atoms with Crippen molar-refractivity contribution in [2.24, 2.45) is 5.92 Å². The average Bonchev–Trinajstić information content (AvgIpc) is 2.91. The fourth-order valence-electron chi connectivity index (χ4n) is 2.68. The van der Waals surface area contributed by atoms with Crippen LogP contribution in [0.4, 0.5) is 5.69 Å². The largest absolute Gasteiger partial charge is 0.399 e. The predicted octanol–water partition coefficient (Wildman–Crippen LogP) is 1.54. The van der Waals surface area contributed by atoms with Crippen molar-refractivity contribution < 1.29 is 0 Å². The summed E-state index contributed by atoms with van der Waals surface area (Å²) in [7, 11) is 0. The first-order valence-corrected chi connectivity index (χ1v) is 7.52. The van der Waals surface area contributed by atoms with Crippen LogP contribution in [0.1, 0.15) is 31.2 Å². The summed E-state index contributed by atoms with van der Waals surface area (Å²) in [4.78, 5) is 2.44. The molecule has 0 spiro atoms. The Balaban J connectivity index is 1.65. The van der Waals surface area contributed by atoms with Crippen LogP contribution >= 0.6 is 0 Å². The lowest BCUT2D eigenvalue weighted by Gasteiger charge is -2.29. The standard InChI is InChI=1S/C15H22N6/c1-12-6-8-20(9-7-12)11-15-17-18-19-21(15)10-13-2-4-14(16)5-3-13/h2-5,12H,6-11,16H2,1H3. The molecule has 112 valence electrons. The van der Waals surface area contributed by atoms with Crippen LogP contribution in [0, 0.1) is 5.92 Å². The highest BCUT2D eigenvalue weighted by Crippen LogP contribution is 2.17. The maximum absolute atomic E-state index is 5.71. The quantitative estimate of drug-likeness (QED) is 0.863. The lowest BCUT2D eigenvalue weighted by molar-refractivity contribution is 0.179. The van der Waals surface area contributed by atoms with Crippen LogP contribution in [-0.4, -0.2) is 38.2 Å². The average molecular weight is 286 g/mol. The predicted molar refractivity (Wildman–Crippen MR) is 81.4 cm³/mol. The summed E-state index contributed by atoms with van der Waals surface area (Å²) in [5.74, 6) is 1.77. The smallest absolute Gasteiger partial charge is 0.165 e. The Kier molecular flexibility index (Phi) is 4.15. The van der Waals surface area contributed by atoms with Gasteiger partial charge in [0.2, 0.25) is 0 Å². The molecule has 6 nitrogen and oxygen atoms in total. The summed E-state index contributed by atoms with van der Waals surface area (Å²) >= 11 is 0. The van der Waals surface area contributed by atoms with Crippen LogP contribution in [-0.2, 0) is 13.1 Å². The third-order valence-corrected chi connectivity index (χ3v) is 4.16. The molecule has 0 atom stereocenters. The molecule has 1 aliphatic heterocycles. The van der Waals surface area contributed by atoms with Gasteiger partial charge >= 0.3 is 0 Å². The van der Waals surface area contributed by atoms with Crippen LogP contribution < -0.4 is 5.73 Å². The molecule has 0 aliphatic carbocycles. The first kappa shape index (κ1) is 14.0. The number of aromatic nitrogens is 4. The topological polar surface area (TPSA) is 72.9 Å². The molecule has 1 fully saturated rings. The minimum atomic E-state index is 0.687. The molecule has 2 aromatic rings. The van der Waals surface area contributed by atoms with Gasteiger partial charge in [-0.15, -0.1) is 5.10 Å². The van der Waals surface area contributed by atoms with Gasteiger partial charge in [-0.2, -0.15) is 0 Å². The number of anilines is 1. The van der Waals surface area contributed by atoms with Crippen molar-refractivity contribution in [3.63, 3.8) is 0 Å². The molecule has 1 saturated heterocycles. The molecule has 2 N–H and O–H groups in total. The van der Waals surface area contributed by atoms with Gasteiger partial charge < -0.3 is 5.73 Å². The Bertz CT molecular complexity index is 568. The van der Waals surface area contributed by atoms with E-state index in [2.05, 4.69) is 27.3 Å². The SMILES string of the molecule is CC1CCN(Cc2nnnn2Cc2ccc(N)cc2)CC1. The molecule has 0 unspecified atom stereocenters. The molecular formula is C15H22N6. The zero-order chi connectivity index (χ0) is 14.7. The Morgan fingerprint density at radius 2 is 1.86 bits per heavy atom. The van der Waals surface area contributed by atoms with Crippen molar-refractivity contribution in [3.05, 3.63) is 35.7 Å². The summed E-state index contributed by atoms with van der Waals surface area (Å²) in [5, 5.41) is 12.1. The summed E-state index contributed by atoms with van der Waals surface area (Å²) in [6, 6.07) is 7.85. The van der Waals surface area contributed by atoms with E-state index in [1.165, 1.54) is 12.8 Å². The van der Waals surface area contributed by atoms with Gasteiger partial charge in [-0.25, -0.2) is 4.68 Å². The molecule has 0 radical (unpaired) electrons. The molecule has 1 aromatic carbocycles. The summed E-state index contributed by atoms with van der Waals surface area (Å²) in [5.41, 5.74) is 7.64. The van der Waals surface area contributed by atoms with Gasteiger partial charge in [-0.1, -0.05) is 19.1 Å². The van der Waals surface area contributed by atoms with E-state index in [-0.39, 0.29) is 0 Å². The number of hydrogen-bond donors (Lipinski definition) is 1. The molecule has 0 bridgehead atoms. The molecule has 2 heterocycles.